The molecule has 2 atom stereocenters. The zero-order valence-corrected chi connectivity index (χ0v) is 13.6. The minimum Gasteiger partial charge on any atom is -0.506 e. The highest BCUT2D eigenvalue weighted by Crippen LogP contribution is 2.42. The molecule has 0 fully saturated rings. The lowest BCUT2D eigenvalue weighted by Crippen LogP contribution is -2.33. The maximum Gasteiger partial charge on any atom is 0.416 e. The lowest BCUT2D eigenvalue weighted by atomic mass is 9.96. The number of benzene rings is 1. The summed E-state index contributed by atoms with van der Waals surface area (Å²) in [4.78, 5) is 11.3. The van der Waals surface area contributed by atoms with Crippen LogP contribution in [0.3, 0.4) is 0 Å². The summed E-state index contributed by atoms with van der Waals surface area (Å²) >= 11 is 2.82. The van der Waals surface area contributed by atoms with E-state index >= 15 is 0 Å². The number of halogens is 6. The van der Waals surface area contributed by atoms with Gasteiger partial charge in [-0.25, -0.2) is 9.18 Å². The minimum absolute atomic E-state index is 0. The molecule has 0 saturated heterocycles. The SMILES string of the molecule is CCOC(=O)C(F)[C@H](N)c1c(C(F)(F)F)ccc(Br)c1O.Cl. The third-order valence-corrected chi connectivity index (χ3v) is 3.27. The van der Waals surface area contributed by atoms with Gasteiger partial charge in [-0.1, -0.05) is 0 Å². The lowest BCUT2D eigenvalue weighted by molar-refractivity contribution is -0.150. The van der Waals surface area contributed by atoms with E-state index in [0.29, 0.717) is 6.07 Å². The predicted molar refractivity (Wildman–Crippen MR) is 76.5 cm³/mol. The largest absolute Gasteiger partial charge is 0.506 e. The molecule has 0 aliphatic heterocycles. The summed E-state index contributed by atoms with van der Waals surface area (Å²) in [5, 5.41) is 9.73. The Morgan fingerprint density at radius 1 is 1.45 bits per heavy atom. The van der Waals surface area contributed by atoms with E-state index in [0.717, 1.165) is 6.07 Å². The first-order valence-corrected chi connectivity index (χ1v) is 6.55. The number of rotatable bonds is 4. The van der Waals surface area contributed by atoms with E-state index < -0.39 is 41.2 Å². The summed E-state index contributed by atoms with van der Waals surface area (Å²) in [6.07, 6.45) is -7.40. The molecule has 126 valence electrons. The maximum absolute atomic E-state index is 13.8. The number of esters is 1. The Hall–Kier alpha value is -1.06. The van der Waals surface area contributed by atoms with Gasteiger partial charge < -0.3 is 15.6 Å². The lowest BCUT2D eigenvalue weighted by Gasteiger charge is -2.22. The molecule has 1 aromatic rings. The van der Waals surface area contributed by atoms with Crippen LogP contribution in [0.25, 0.3) is 0 Å². The van der Waals surface area contributed by atoms with Crippen molar-refractivity contribution in [2.45, 2.75) is 25.3 Å². The smallest absolute Gasteiger partial charge is 0.416 e. The zero-order chi connectivity index (χ0) is 16.4. The predicted octanol–water partition coefficient (Wildman–Crippen LogP) is 3.50. The van der Waals surface area contributed by atoms with Gasteiger partial charge in [0.15, 0.2) is 0 Å². The second-order valence-corrected chi connectivity index (χ2v) is 4.89. The van der Waals surface area contributed by atoms with Crippen molar-refractivity contribution in [2.24, 2.45) is 5.73 Å². The van der Waals surface area contributed by atoms with Gasteiger partial charge in [-0.15, -0.1) is 12.4 Å². The number of carbonyl (C=O) groups is 1. The Morgan fingerprint density at radius 3 is 2.45 bits per heavy atom. The van der Waals surface area contributed by atoms with Gasteiger partial charge in [0.1, 0.15) is 5.75 Å². The van der Waals surface area contributed by atoms with Crippen LogP contribution in [-0.2, 0) is 15.7 Å². The van der Waals surface area contributed by atoms with Gasteiger partial charge in [-0.2, -0.15) is 13.2 Å². The summed E-state index contributed by atoms with van der Waals surface area (Å²) < 4.78 is 56.9. The number of hydrogen-bond donors (Lipinski definition) is 2. The summed E-state index contributed by atoms with van der Waals surface area (Å²) in [5.41, 5.74) is 3.16. The molecule has 22 heavy (non-hydrogen) atoms. The van der Waals surface area contributed by atoms with E-state index in [2.05, 4.69) is 20.7 Å². The molecular formula is C12H13BrClF4NO3. The van der Waals surface area contributed by atoms with Crippen molar-refractivity contribution in [2.75, 3.05) is 6.61 Å². The highest BCUT2D eigenvalue weighted by Gasteiger charge is 2.40. The molecule has 1 aromatic carbocycles. The Labute approximate surface area is 138 Å². The molecule has 10 heteroatoms. The van der Waals surface area contributed by atoms with Crippen molar-refractivity contribution in [3.63, 3.8) is 0 Å². The van der Waals surface area contributed by atoms with Crippen molar-refractivity contribution in [1.29, 1.82) is 0 Å². The molecule has 1 rings (SSSR count). The Balaban J connectivity index is 0.00000441. The molecule has 0 aliphatic carbocycles. The second kappa shape index (κ2) is 7.98. The Bertz CT molecular complexity index is 542. The average Bonchev–Trinajstić information content (AvgIpc) is 2.39. The van der Waals surface area contributed by atoms with Gasteiger partial charge in [-0.3, -0.25) is 0 Å². The minimum atomic E-state index is -4.86. The standard InChI is InChI=1S/C12H12BrF4NO3.ClH/c1-2-21-11(20)8(14)9(18)7-5(12(15,16)17)3-4-6(13)10(7)19;/h3-4,8-9,19H,2,18H2,1H3;1H/t8?,9-;/m1./s1. The molecular weight excluding hydrogens is 397 g/mol. The highest BCUT2D eigenvalue weighted by molar-refractivity contribution is 9.10. The normalized spacial score (nSPS) is 14.0. The first-order valence-electron chi connectivity index (χ1n) is 5.76. The number of carbonyl (C=O) groups excluding carboxylic acids is 1. The van der Waals surface area contributed by atoms with Crippen molar-refractivity contribution in [3.05, 3.63) is 27.7 Å². The van der Waals surface area contributed by atoms with Crippen LogP contribution in [0.15, 0.2) is 16.6 Å². The van der Waals surface area contributed by atoms with Gasteiger partial charge in [0, 0.05) is 5.56 Å². The molecule has 0 amide bonds. The van der Waals surface area contributed by atoms with Crippen molar-refractivity contribution >= 4 is 34.3 Å². The number of hydrogen-bond acceptors (Lipinski definition) is 4. The molecule has 0 bridgehead atoms. The fourth-order valence-corrected chi connectivity index (χ4v) is 2.03. The molecule has 0 radical (unpaired) electrons. The summed E-state index contributed by atoms with van der Waals surface area (Å²) in [6, 6.07) is -0.429. The molecule has 0 saturated carbocycles. The van der Waals surface area contributed by atoms with Gasteiger partial charge in [0.25, 0.3) is 0 Å². The van der Waals surface area contributed by atoms with Crippen molar-refractivity contribution in [1.82, 2.24) is 0 Å². The first kappa shape index (κ1) is 20.9. The van der Waals surface area contributed by atoms with Gasteiger partial charge >= 0.3 is 12.1 Å². The van der Waals surface area contributed by atoms with E-state index in [-0.39, 0.29) is 23.5 Å². The molecule has 4 nitrogen and oxygen atoms in total. The van der Waals surface area contributed by atoms with Gasteiger partial charge in [0.2, 0.25) is 6.17 Å². The van der Waals surface area contributed by atoms with E-state index in [1.807, 2.05) is 0 Å². The van der Waals surface area contributed by atoms with Crippen LogP contribution in [-0.4, -0.2) is 23.9 Å². The van der Waals surface area contributed by atoms with Crippen molar-refractivity contribution in [3.8, 4) is 5.75 Å². The van der Waals surface area contributed by atoms with Crippen LogP contribution in [0, 0.1) is 0 Å². The quantitative estimate of drug-likeness (QED) is 0.589. The summed E-state index contributed by atoms with van der Waals surface area (Å²) in [5.74, 6) is -2.26. The molecule has 0 aromatic heterocycles. The maximum atomic E-state index is 13.8. The van der Waals surface area contributed by atoms with Gasteiger partial charge in [0.05, 0.1) is 22.7 Å². The molecule has 0 aliphatic rings. The Morgan fingerprint density at radius 2 is 2.00 bits per heavy atom. The summed E-state index contributed by atoms with van der Waals surface area (Å²) in [7, 11) is 0. The third-order valence-electron chi connectivity index (χ3n) is 2.63. The van der Waals surface area contributed by atoms with Gasteiger partial charge in [-0.05, 0) is 35.0 Å². The van der Waals surface area contributed by atoms with Crippen LogP contribution in [0.4, 0.5) is 17.6 Å². The summed E-state index contributed by atoms with van der Waals surface area (Å²) in [6.45, 7) is 1.26. The van der Waals surface area contributed by atoms with Crippen LogP contribution in [0.2, 0.25) is 0 Å². The highest BCUT2D eigenvalue weighted by atomic mass is 79.9. The van der Waals surface area contributed by atoms with Crippen molar-refractivity contribution < 1.29 is 32.2 Å². The van der Waals surface area contributed by atoms with E-state index in [4.69, 9.17) is 5.73 Å². The van der Waals surface area contributed by atoms with E-state index in [1.165, 1.54) is 6.92 Å². The first-order chi connectivity index (χ1) is 9.61. The number of aromatic hydroxyl groups is 1. The average molecular weight is 411 g/mol. The number of phenolic OH excluding ortho intramolecular Hbond substituents is 1. The fourth-order valence-electron chi connectivity index (χ4n) is 1.68. The van der Waals surface area contributed by atoms with Crippen LogP contribution in [0.1, 0.15) is 24.1 Å². The Kier molecular flexibility index (Phi) is 7.60. The van der Waals surface area contributed by atoms with Crippen LogP contribution in [0.5, 0.6) is 5.75 Å². The number of alkyl halides is 4. The third kappa shape index (κ3) is 4.47. The van der Waals surface area contributed by atoms with Crippen LogP contribution < -0.4 is 5.73 Å². The second-order valence-electron chi connectivity index (χ2n) is 4.03. The fraction of sp³-hybridized carbons (Fsp3) is 0.417. The van der Waals surface area contributed by atoms with Crippen LogP contribution >= 0.6 is 28.3 Å². The topological polar surface area (TPSA) is 72.5 Å². The molecule has 0 heterocycles. The zero-order valence-electron chi connectivity index (χ0n) is 11.2. The number of phenols is 1. The monoisotopic (exact) mass is 409 g/mol. The van der Waals surface area contributed by atoms with E-state index in [9.17, 15) is 27.5 Å². The molecule has 3 N–H and O–H groups in total. The molecule has 0 spiro atoms. The number of ether oxygens (including phenoxy) is 1. The molecule has 1 unspecified atom stereocenters. The van der Waals surface area contributed by atoms with E-state index in [1.54, 1.807) is 0 Å². The number of nitrogens with two attached hydrogens (primary N) is 1.